The average Bonchev–Trinajstić information content (AvgIpc) is 3.47. The number of nitrogens with one attached hydrogen (secondary N) is 3. The molecule has 3 aromatic rings. The average molecular weight is 480 g/mol. The van der Waals surface area contributed by atoms with Crippen LogP contribution in [0, 0.1) is 5.82 Å². The van der Waals surface area contributed by atoms with Crippen molar-refractivity contribution in [1.82, 2.24) is 30.8 Å². The lowest BCUT2D eigenvalue weighted by Gasteiger charge is -2.41. The van der Waals surface area contributed by atoms with Crippen molar-refractivity contribution < 1.29 is 9.18 Å². The minimum Gasteiger partial charge on any atom is -0.378 e. The predicted molar refractivity (Wildman–Crippen MR) is 128 cm³/mol. The number of aromatic nitrogens is 4. The summed E-state index contributed by atoms with van der Waals surface area (Å²) in [5.74, 6) is 0.339. The first-order valence-corrected chi connectivity index (χ1v) is 12.2. The number of carbonyl (C=O) groups is 1. The van der Waals surface area contributed by atoms with Crippen molar-refractivity contribution in [1.29, 1.82) is 0 Å². The van der Waals surface area contributed by atoms with E-state index in [2.05, 4.69) is 42.7 Å². The molecule has 8 nitrogen and oxygen atoms in total. The van der Waals surface area contributed by atoms with E-state index >= 15 is 0 Å². The summed E-state index contributed by atoms with van der Waals surface area (Å²) < 4.78 is 14.3. The zero-order valence-electron chi connectivity index (χ0n) is 18.7. The molecule has 1 saturated carbocycles. The van der Waals surface area contributed by atoms with Gasteiger partial charge in [-0.3, -0.25) is 9.78 Å². The Bertz CT molecular complexity index is 1190. The van der Waals surface area contributed by atoms with Crippen LogP contribution in [0.2, 0.25) is 0 Å². The maximum absolute atomic E-state index is 14.3. The molecule has 3 N–H and O–H groups in total. The van der Waals surface area contributed by atoms with Crippen molar-refractivity contribution >= 4 is 23.1 Å². The molecule has 0 aromatic carbocycles. The normalized spacial score (nSPS) is 18.7. The van der Waals surface area contributed by atoms with E-state index in [1.54, 1.807) is 18.5 Å². The van der Waals surface area contributed by atoms with Crippen LogP contribution < -0.4 is 16.0 Å². The van der Waals surface area contributed by atoms with E-state index < -0.39 is 0 Å². The molecular formula is C24H26FN7OS. The number of pyridine rings is 1. The summed E-state index contributed by atoms with van der Waals surface area (Å²) in [7, 11) is 0. The molecule has 1 atom stereocenters. The molecule has 0 spiro atoms. The van der Waals surface area contributed by atoms with E-state index in [1.165, 1.54) is 17.4 Å². The number of anilines is 1. The third-order valence-electron chi connectivity index (χ3n) is 6.48. The fraction of sp³-hybridized carbons (Fsp3) is 0.375. The molecule has 0 bridgehead atoms. The lowest BCUT2D eigenvalue weighted by Crippen LogP contribution is -2.42. The number of hydrogen-bond acceptors (Lipinski definition) is 8. The van der Waals surface area contributed by atoms with Gasteiger partial charge in [0.2, 0.25) is 5.91 Å². The van der Waals surface area contributed by atoms with Crippen LogP contribution in [0.4, 0.5) is 10.2 Å². The molecule has 176 valence electrons. The summed E-state index contributed by atoms with van der Waals surface area (Å²) in [6, 6.07) is 6.59. The minimum absolute atomic E-state index is 0.0290. The predicted octanol–water partition coefficient (Wildman–Crippen LogP) is 3.55. The Kier molecular flexibility index (Phi) is 6.23. The van der Waals surface area contributed by atoms with Gasteiger partial charge in [0, 0.05) is 34.9 Å². The number of allylic oxidation sites excluding steroid dienone is 1. The van der Waals surface area contributed by atoms with Crippen LogP contribution in [0.15, 0.2) is 48.9 Å². The van der Waals surface area contributed by atoms with Gasteiger partial charge in [0.05, 0.1) is 12.2 Å². The second kappa shape index (κ2) is 9.46. The summed E-state index contributed by atoms with van der Waals surface area (Å²) in [5.41, 5.74) is 1.79. The highest BCUT2D eigenvalue weighted by Gasteiger charge is 2.41. The van der Waals surface area contributed by atoms with Crippen molar-refractivity contribution in [2.45, 2.75) is 50.1 Å². The van der Waals surface area contributed by atoms with Crippen LogP contribution in [-0.4, -0.2) is 38.7 Å². The quantitative estimate of drug-likeness (QED) is 0.454. The Morgan fingerprint density at radius 3 is 2.82 bits per heavy atom. The van der Waals surface area contributed by atoms with Gasteiger partial charge < -0.3 is 16.0 Å². The van der Waals surface area contributed by atoms with Crippen LogP contribution in [0.5, 0.6) is 0 Å². The third-order valence-corrected chi connectivity index (χ3v) is 7.50. The number of hydrogen-bond donors (Lipinski definition) is 3. The van der Waals surface area contributed by atoms with Crippen molar-refractivity contribution in [2.75, 3.05) is 11.9 Å². The van der Waals surface area contributed by atoms with Crippen LogP contribution in [-0.2, 0) is 16.8 Å². The SMILES string of the molecule is C=C1CCC(C(=O)NCc2cnc(-c3ccc(NCC4(c5ncccc5F)CCC4)nn3)s2)N1. The Hall–Kier alpha value is -3.40. The fourth-order valence-corrected chi connectivity index (χ4v) is 5.21. The summed E-state index contributed by atoms with van der Waals surface area (Å²) in [6.07, 6.45) is 7.83. The van der Waals surface area contributed by atoms with Crippen molar-refractivity contribution in [3.05, 3.63) is 65.3 Å². The maximum atomic E-state index is 14.3. The molecule has 1 unspecified atom stereocenters. The van der Waals surface area contributed by atoms with Crippen LogP contribution in [0.1, 0.15) is 42.7 Å². The van der Waals surface area contributed by atoms with Gasteiger partial charge in [0.1, 0.15) is 28.4 Å². The number of amides is 1. The zero-order valence-corrected chi connectivity index (χ0v) is 19.5. The number of rotatable bonds is 8. The number of halogens is 1. The summed E-state index contributed by atoms with van der Waals surface area (Å²) >= 11 is 1.47. The molecule has 1 aliphatic carbocycles. The van der Waals surface area contributed by atoms with Gasteiger partial charge in [0.15, 0.2) is 0 Å². The molecule has 4 heterocycles. The van der Waals surface area contributed by atoms with E-state index in [9.17, 15) is 9.18 Å². The van der Waals surface area contributed by atoms with E-state index in [4.69, 9.17) is 0 Å². The highest BCUT2D eigenvalue weighted by molar-refractivity contribution is 7.15. The van der Waals surface area contributed by atoms with Gasteiger partial charge in [-0.15, -0.1) is 21.5 Å². The molecule has 0 radical (unpaired) electrons. The van der Waals surface area contributed by atoms with E-state index in [1.807, 2.05) is 12.1 Å². The number of thiazole rings is 1. The molecule has 2 aliphatic rings. The molecule has 1 saturated heterocycles. The molecule has 2 fully saturated rings. The van der Waals surface area contributed by atoms with Gasteiger partial charge in [-0.2, -0.15) is 0 Å². The van der Waals surface area contributed by atoms with Crippen LogP contribution in [0.25, 0.3) is 10.7 Å². The first-order valence-electron chi connectivity index (χ1n) is 11.4. The van der Waals surface area contributed by atoms with Crippen molar-refractivity contribution in [3.63, 3.8) is 0 Å². The van der Waals surface area contributed by atoms with Crippen LogP contribution in [0.3, 0.4) is 0 Å². The number of carbonyl (C=O) groups excluding carboxylic acids is 1. The first kappa shape index (κ1) is 22.4. The van der Waals surface area contributed by atoms with E-state index in [-0.39, 0.29) is 23.2 Å². The second-order valence-corrected chi connectivity index (χ2v) is 9.93. The van der Waals surface area contributed by atoms with Gasteiger partial charge in [-0.25, -0.2) is 9.37 Å². The third kappa shape index (κ3) is 4.63. The molecular weight excluding hydrogens is 453 g/mol. The van der Waals surface area contributed by atoms with Crippen LogP contribution >= 0.6 is 11.3 Å². The molecule has 1 amide bonds. The Balaban J connectivity index is 1.17. The Morgan fingerprint density at radius 1 is 1.26 bits per heavy atom. The summed E-state index contributed by atoms with van der Waals surface area (Å²) in [6.45, 7) is 4.83. The smallest absolute Gasteiger partial charge is 0.242 e. The molecule has 10 heteroatoms. The van der Waals surface area contributed by atoms with E-state index in [0.29, 0.717) is 30.3 Å². The molecule has 34 heavy (non-hydrogen) atoms. The Morgan fingerprint density at radius 2 is 2.15 bits per heavy atom. The van der Waals surface area contributed by atoms with Gasteiger partial charge >= 0.3 is 0 Å². The fourth-order valence-electron chi connectivity index (χ4n) is 4.39. The lowest BCUT2D eigenvalue weighted by atomic mass is 9.66. The summed E-state index contributed by atoms with van der Waals surface area (Å²) in [4.78, 5) is 21.9. The topological polar surface area (TPSA) is 105 Å². The minimum atomic E-state index is -0.304. The van der Waals surface area contributed by atoms with Gasteiger partial charge in [-0.1, -0.05) is 13.0 Å². The lowest BCUT2D eigenvalue weighted by molar-refractivity contribution is -0.122. The van der Waals surface area contributed by atoms with Crippen molar-refractivity contribution in [3.8, 4) is 10.7 Å². The van der Waals surface area contributed by atoms with Gasteiger partial charge in [0.25, 0.3) is 0 Å². The maximum Gasteiger partial charge on any atom is 0.242 e. The van der Waals surface area contributed by atoms with Gasteiger partial charge in [-0.05, 0) is 49.9 Å². The highest BCUT2D eigenvalue weighted by atomic mass is 32.1. The molecule has 3 aromatic heterocycles. The summed E-state index contributed by atoms with van der Waals surface area (Å²) in [5, 5.41) is 18.7. The van der Waals surface area contributed by atoms with E-state index in [0.717, 1.165) is 47.7 Å². The van der Waals surface area contributed by atoms with Crippen molar-refractivity contribution in [2.24, 2.45) is 0 Å². The zero-order chi connectivity index (χ0) is 23.5. The molecule has 1 aliphatic heterocycles. The molecule has 5 rings (SSSR count). The standard InChI is InChI=1S/C24H26FN7OS/c1-15-5-6-18(30-15)22(33)27-12-16-13-28-23(34-16)19-7-8-20(32-31-19)29-14-24(9-3-10-24)21-17(25)4-2-11-26-21/h2,4,7-8,11,13,18,30H,1,3,5-6,9-10,12,14H2,(H,27,33)(H,29,32). The second-order valence-electron chi connectivity index (χ2n) is 8.81. The Labute approximate surface area is 201 Å². The first-order chi connectivity index (χ1) is 16.5. The monoisotopic (exact) mass is 479 g/mol. The highest BCUT2D eigenvalue weighted by Crippen LogP contribution is 2.43. The largest absolute Gasteiger partial charge is 0.378 e. The number of nitrogens with zero attached hydrogens (tertiary/aromatic N) is 4.